The molecule has 1 aliphatic rings. The Bertz CT molecular complexity index is 365. The molecule has 2 nitrogen and oxygen atoms in total. The number of piperidine rings is 1. The number of hydrogen-bond donors (Lipinski definition) is 2. The Morgan fingerprint density at radius 3 is 2.56 bits per heavy atom. The van der Waals surface area contributed by atoms with Crippen LogP contribution in [0, 0.1) is 13.8 Å². The topological polar surface area (TPSA) is 38.0 Å². The van der Waals surface area contributed by atoms with Crippen LogP contribution in [0.5, 0.6) is 0 Å². The van der Waals surface area contributed by atoms with E-state index in [4.69, 9.17) is 5.73 Å². The van der Waals surface area contributed by atoms with Crippen LogP contribution in [0.25, 0.3) is 0 Å². The van der Waals surface area contributed by atoms with Gasteiger partial charge in [-0.25, -0.2) is 0 Å². The van der Waals surface area contributed by atoms with Crippen molar-refractivity contribution in [3.05, 3.63) is 34.9 Å². The van der Waals surface area contributed by atoms with E-state index in [1.54, 1.807) is 0 Å². The van der Waals surface area contributed by atoms with E-state index < -0.39 is 0 Å². The Morgan fingerprint density at radius 2 is 1.94 bits per heavy atom. The largest absolute Gasteiger partial charge is 0.330 e. The van der Waals surface area contributed by atoms with Gasteiger partial charge in [-0.1, -0.05) is 23.8 Å². The smallest absolute Gasteiger partial charge is 0.0102 e. The quantitative estimate of drug-likeness (QED) is 0.795. The third-order valence-electron chi connectivity index (χ3n) is 3.92. The normalized spacial score (nSPS) is 19.7. The maximum atomic E-state index is 6.06. The lowest BCUT2D eigenvalue weighted by Crippen LogP contribution is -2.45. The Morgan fingerprint density at radius 1 is 1.25 bits per heavy atom. The molecule has 1 fully saturated rings. The summed E-state index contributed by atoms with van der Waals surface area (Å²) in [4.78, 5) is 0. The summed E-state index contributed by atoms with van der Waals surface area (Å²) >= 11 is 0. The summed E-state index contributed by atoms with van der Waals surface area (Å²) in [6, 6.07) is 6.74. The van der Waals surface area contributed by atoms with E-state index in [-0.39, 0.29) is 5.41 Å². The molecule has 1 aromatic rings. The van der Waals surface area contributed by atoms with Crippen molar-refractivity contribution >= 4 is 0 Å². The van der Waals surface area contributed by atoms with Gasteiger partial charge in [0.15, 0.2) is 0 Å². The van der Waals surface area contributed by atoms with Crippen LogP contribution >= 0.6 is 0 Å². The molecule has 0 bridgehead atoms. The van der Waals surface area contributed by atoms with Gasteiger partial charge in [-0.2, -0.15) is 0 Å². The highest BCUT2D eigenvalue weighted by atomic mass is 14.9. The van der Waals surface area contributed by atoms with E-state index in [0.717, 1.165) is 32.5 Å². The van der Waals surface area contributed by atoms with Gasteiger partial charge in [-0.15, -0.1) is 0 Å². The molecule has 0 amide bonds. The first-order valence-electron chi connectivity index (χ1n) is 6.16. The Balaban J connectivity index is 2.42. The van der Waals surface area contributed by atoms with Crippen molar-refractivity contribution in [1.82, 2.24) is 5.32 Å². The lowest BCUT2D eigenvalue weighted by Gasteiger charge is -2.38. The maximum Gasteiger partial charge on any atom is 0.0102 e. The van der Waals surface area contributed by atoms with E-state index >= 15 is 0 Å². The van der Waals surface area contributed by atoms with Gasteiger partial charge >= 0.3 is 0 Å². The monoisotopic (exact) mass is 218 g/mol. The molecule has 0 aliphatic carbocycles. The van der Waals surface area contributed by atoms with Crippen molar-refractivity contribution in [2.24, 2.45) is 5.73 Å². The number of nitrogens with two attached hydrogens (primary N) is 1. The van der Waals surface area contributed by atoms with E-state index in [2.05, 4.69) is 37.4 Å². The summed E-state index contributed by atoms with van der Waals surface area (Å²) in [5.74, 6) is 0. The highest BCUT2D eigenvalue weighted by molar-refractivity contribution is 5.37. The van der Waals surface area contributed by atoms with E-state index in [0.29, 0.717) is 0 Å². The van der Waals surface area contributed by atoms with Crippen LogP contribution in [-0.2, 0) is 5.41 Å². The summed E-state index contributed by atoms with van der Waals surface area (Å²) < 4.78 is 0. The van der Waals surface area contributed by atoms with Gasteiger partial charge in [-0.05, 0) is 50.9 Å². The van der Waals surface area contributed by atoms with Gasteiger partial charge in [0.05, 0.1) is 0 Å². The molecule has 1 aliphatic heterocycles. The van der Waals surface area contributed by atoms with Gasteiger partial charge in [0.25, 0.3) is 0 Å². The van der Waals surface area contributed by atoms with E-state index in [9.17, 15) is 0 Å². The second-order valence-corrected chi connectivity index (χ2v) is 5.05. The minimum atomic E-state index is 0.210. The van der Waals surface area contributed by atoms with Crippen molar-refractivity contribution < 1.29 is 0 Å². The average molecular weight is 218 g/mol. The zero-order chi connectivity index (χ0) is 11.6. The molecule has 1 aromatic carbocycles. The van der Waals surface area contributed by atoms with E-state index in [1.807, 2.05) is 0 Å². The van der Waals surface area contributed by atoms with Crippen LogP contribution in [0.15, 0.2) is 18.2 Å². The third-order valence-corrected chi connectivity index (χ3v) is 3.92. The zero-order valence-corrected chi connectivity index (χ0v) is 10.3. The predicted molar refractivity (Wildman–Crippen MR) is 68.8 cm³/mol. The van der Waals surface area contributed by atoms with Crippen LogP contribution in [0.1, 0.15) is 29.5 Å². The van der Waals surface area contributed by atoms with Crippen molar-refractivity contribution in [3.8, 4) is 0 Å². The summed E-state index contributed by atoms with van der Waals surface area (Å²) in [6.07, 6.45) is 2.32. The van der Waals surface area contributed by atoms with Crippen LogP contribution < -0.4 is 11.1 Å². The number of benzene rings is 1. The Labute approximate surface area is 98.2 Å². The highest BCUT2D eigenvalue weighted by Crippen LogP contribution is 2.34. The standard InChI is InChI=1S/C14H22N2/c1-11-3-4-12(2)13(9-11)14(10-15)5-7-16-8-6-14/h3-4,9,16H,5-8,10,15H2,1-2H3. The Kier molecular flexibility index (Phi) is 3.31. The highest BCUT2D eigenvalue weighted by Gasteiger charge is 2.33. The summed E-state index contributed by atoms with van der Waals surface area (Å²) in [5, 5.41) is 3.42. The molecule has 0 spiro atoms. The second kappa shape index (κ2) is 4.56. The molecule has 0 aromatic heterocycles. The minimum absolute atomic E-state index is 0.210. The molecule has 0 radical (unpaired) electrons. The fourth-order valence-electron chi connectivity index (χ4n) is 2.80. The number of aryl methyl sites for hydroxylation is 2. The SMILES string of the molecule is Cc1ccc(C)c(C2(CN)CCNCC2)c1. The number of hydrogen-bond acceptors (Lipinski definition) is 2. The lowest BCUT2D eigenvalue weighted by molar-refractivity contribution is 0.314. The molecule has 2 heteroatoms. The zero-order valence-electron chi connectivity index (χ0n) is 10.3. The Hall–Kier alpha value is -0.860. The van der Waals surface area contributed by atoms with Gasteiger partial charge in [0.2, 0.25) is 0 Å². The van der Waals surface area contributed by atoms with E-state index in [1.165, 1.54) is 16.7 Å². The molecule has 1 saturated heterocycles. The van der Waals surface area contributed by atoms with Crippen molar-refractivity contribution in [2.45, 2.75) is 32.1 Å². The minimum Gasteiger partial charge on any atom is -0.330 e. The first-order chi connectivity index (χ1) is 7.68. The molecule has 2 rings (SSSR count). The molecule has 16 heavy (non-hydrogen) atoms. The van der Waals surface area contributed by atoms with Crippen molar-refractivity contribution in [2.75, 3.05) is 19.6 Å². The predicted octanol–water partition coefficient (Wildman–Crippen LogP) is 1.88. The van der Waals surface area contributed by atoms with Gasteiger partial charge < -0.3 is 11.1 Å². The van der Waals surface area contributed by atoms with Crippen LogP contribution in [-0.4, -0.2) is 19.6 Å². The molecule has 88 valence electrons. The molecule has 0 saturated carbocycles. The second-order valence-electron chi connectivity index (χ2n) is 5.05. The fourth-order valence-corrected chi connectivity index (χ4v) is 2.80. The summed E-state index contributed by atoms with van der Waals surface area (Å²) in [6.45, 7) is 7.30. The first kappa shape index (κ1) is 11.6. The summed E-state index contributed by atoms with van der Waals surface area (Å²) in [5.41, 5.74) is 10.5. The fraction of sp³-hybridized carbons (Fsp3) is 0.571. The molecule has 0 unspecified atom stereocenters. The van der Waals surface area contributed by atoms with Crippen LogP contribution in [0.4, 0.5) is 0 Å². The first-order valence-corrected chi connectivity index (χ1v) is 6.16. The third kappa shape index (κ3) is 2.00. The average Bonchev–Trinajstić information content (AvgIpc) is 2.33. The summed E-state index contributed by atoms with van der Waals surface area (Å²) in [7, 11) is 0. The molecular weight excluding hydrogens is 196 g/mol. The number of rotatable bonds is 2. The molecular formula is C14H22N2. The van der Waals surface area contributed by atoms with Gasteiger partial charge in [-0.3, -0.25) is 0 Å². The maximum absolute atomic E-state index is 6.06. The lowest BCUT2D eigenvalue weighted by atomic mass is 9.71. The van der Waals surface area contributed by atoms with Crippen molar-refractivity contribution in [1.29, 1.82) is 0 Å². The van der Waals surface area contributed by atoms with Crippen LogP contribution in [0.3, 0.4) is 0 Å². The van der Waals surface area contributed by atoms with Crippen LogP contribution in [0.2, 0.25) is 0 Å². The molecule has 3 N–H and O–H groups in total. The van der Waals surface area contributed by atoms with Gasteiger partial charge in [0.1, 0.15) is 0 Å². The molecule has 1 heterocycles. The van der Waals surface area contributed by atoms with Gasteiger partial charge in [0, 0.05) is 12.0 Å². The molecule has 0 atom stereocenters. The van der Waals surface area contributed by atoms with Crippen molar-refractivity contribution in [3.63, 3.8) is 0 Å². The number of nitrogens with one attached hydrogen (secondary N) is 1.